The Morgan fingerprint density at radius 2 is 1.96 bits per heavy atom. The van der Waals surface area contributed by atoms with Gasteiger partial charge in [0.1, 0.15) is 12.1 Å². The second-order valence-electron chi connectivity index (χ2n) is 8.20. The molecule has 0 atom stereocenters. The lowest BCUT2D eigenvalue weighted by Gasteiger charge is -2.48. The zero-order chi connectivity index (χ0) is 16.7. The van der Waals surface area contributed by atoms with Gasteiger partial charge in [-0.3, -0.25) is 4.79 Å². The highest BCUT2D eigenvalue weighted by molar-refractivity contribution is 5.78. The summed E-state index contributed by atoms with van der Waals surface area (Å²) in [6.07, 6.45) is 10.2. The van der Waals surface area contributed by atoms with Crippen molar-refractivity contribution in [3.63, 3.8) is 0 Å². The number of hydrogen-bond acceptors (Lipinski definition) is 4. The molecule has 0 bridgehead atoms. The molecule has 1 aromatic rings. The number of likely N-dealkylation sites (tertiary alicyclic amines) is 1. The highest BCUT2D eigenvalue weighted by atomic mass is 16.2. The molecule has 5 nitrogen and oxygen atoms in total. The van der Waals surface area contributed by atoms with E-state index in [9.17, 15) is 4.79 Å². The van der Waals surface area contributed by atoms with Crippen LogP contribution in [-0.4, -0.2) is 46.5 Å². The minimum atomic E-state index is 0.345. The van der Waals surface area contributed by atoms with E-state index in [2.05, 4.69) is 33.6 Å². The Kier molecular flexibility index (Phi) is 3.97. The van der Waals surface area contributed by atoms with Gasteiger partial charge in [0, 0.05) is 43.9 Å². The van der Waals surface area contributed by atoms with E-state index in [0.29, 0.717) is 23.3 Å². The van der Waals surface area contributed by atoms with Gasteiger partial charge in [-0.2, -0.15) is 0 Å². The Balaban J connectivity index is 1.46. The van der Waals surface area contributed by atoms with Crippen LogP contribution in [0.5, 0.6) is 0 Å². The fourth-order valence-electron chi connectivity index (χ4n) is 4.37. The van der Waals surface area contributed by atoms with Crippen LogP contribution in [-0.2, 0) is 4.79 Å². The van der Waals surface area contributed by atoms with Gasteiger partial charge in [0.25, 0.3) is 0 Å². The van der Waals surface area contributed by atoms with Crippen molar-refractivity contribution in [2.45, 2.75) is 64.3 Å². The highest BCUT2D eigenvalue weighted by Crippen LogP contribution is 2.44. The summed E-state index contributed by atoms with van der Waals surface area (Å²) in [5, 5.41) is 0. The molecule has 2 aliphatic heterocycles. The van der Waals surface area contributed by atoms with Crippen molar-refractivity contribution >= 4 is 11.7 Å². The van der Waals surface area contributed by atoms with Gasteiger partial charge >= 0.3 is 0 Å². The second kappa shape index (κ2) is 6.01. The zero-order valence-corrected chi connectivity index (χ0v) is 14.9. The van der Waals surface area contributed by atoms with Crippen LogP contribution in [0, 0.1) is 5.41 Å². The summed E-state index contributed by atoms with van der Waals surface area (Å²) in [7, 11) is 0. The van der Waals surface area contributed by atoms with Gasteiger partial charge in [-0.1, -0.05) is 13.8 Å². The number of hydrogen-bond donors (Lipinski definition) is 0. The van der Waals surface area contributed by atoms with Crippen LogP contribution in [0.2, 0.25) is 0 Å². The van der Waals surface area contributed by atoms with Gasteiger partial charge in [-0.15, -0.1) is 0 Å². The molecule has 0 unspecified atom stereocenters. The molecule has 1 spiro atoms. The van der Waals surface area contributed by atoms with E-state index in [0.717, 1.165) is 38.3 Å². The molecule has 3 heterocycles. The molecule has 130 valence electrons. The predicted octanol–water partition coefficient (Wildman–Crippen LogP) is 2.97. The lowest BCUT2D eigenvalue weighted by Crippen LogP contribution is -2.52. The smallest absolute Gasteiger partial charge is 0.222 e. The molecule has 5 heteroatoms. The normalized spacial score (nSPS) is 24.0. The summed E-state index contributed by atoms with van der Waals surface area (Å²) in [6, 6.07) is 0.558. The fourth-order valence-corrected chi connectivity index (χ4v) is 4.37. The lowest BCUT2D eigenvalue weighted by molar-refractivity contribution is -0.139. The zero-order valence-electron chi connectivity index (χ0n) is 14.9. The largest absolute Gasteiger partial charge is 0.356 e. The molecular formula is C19H28N4O. The maximum absolute atomic E-state index is 12.2. The standard InChI is InChI=1S/C19H28N4O/c1-14(2)16-11-20-13-21-18(16)22-9-7-19(8-10-22)6-5-17(24)23(12-19)15-3-4-15/h11,13-15H,3-10,12H2,1-2H3. The summed E-state index contributed by atoms with van der Waals surface area (Å²) < 4.78 is 0. The van der Waals surface area contributed by atoms with Crippen molar-refractivity contribution in [1.82, 2.24) is 14.9 Å². The van der Waals surface area contributed by atoms with E-state index in [1.54, 1.807) is 6.33 Å². The van der Waals surface area contributed by atoms with Crippen LogP contribution in [0.3, 0.4) is 0 Å². The van der Waals surface area contributed by atoms with E-state index in [-0.39, 0.29) is 0 Å². The van der Waals surface area contributed by atoms with Gasteiger partial charge < -0.3 is 9.80 Å². The van der Waals surface area contributed by atoms with E-state index in [4.69, 9.17) is 0 Å². The summed E-state index contributed by atoms with van der Waals surface area (Å²) >= 11 is 0. The summed E-state index contributed by atoms with van der Waals surface area (Å²) in [5.41, 5.74) is 1.59. The first-order valence-electron chi connectivity index (χ1n) is 9.42. The number of nitrogens with zero attached hydrogens (tertiary/aromatic N) is 4. The van der Waals surface area contributed by atoms with Gasteiger partial charge in [0.15, 0.2) is 0 Å². The topological polar surface area (TPSA) is 49.3 Å². The van der Waals surface area contributed by atoms with Crippen LogP contribution >= 0.6 is 0 Å². The second-order valence-corrected chi connectivity index (χ2v) is 8.20. The monoisotopic (exact) mass is 328 g/mol. The van der Waals surface area contributed by atoms with E-state index in [1.807, 2.05) is 6.20 Å². The van der Waals surface area contributed by atoms with Gasteiger partial charge in [0.2, 0.25) is 5.91 Å². The number of piperidine rings is 2. The molecule has 1 amide bonds. The first-order valence-corrected chi connectivity index (χ1v) is 9.42. The van der Waals surface area contributed by atoms with Crippen LogP contribution in [0.15, 0.2) is 12.5 Å². The molecule has 3 aliphatic rings. The molecule has 4 rings (SSSR count). The quantitative estimate of drug-likeness (QED) is 0.856. The highest BCUT2D eigenvalue weighted by Gasteiger charge is 2.45. The first kappa shape index (κ1) is 15.9. The molecular weight excluding hydrogens is 300 g/mol. The molecule has 0 aromatic carbocycles. The summed E-state index contributed by atoms with van der Waals surface area (Å²) in [6.45, 7) is 7.49. The maximum atomic E-state index is 12.2. The molecule has 1 aromatic heterocycles. The Labute approximate surface area is 144 Å². The van der Waals surface area contributed by atoms with Gasteiger partial charge in [0.05, 0.1) is 0 Å². The van der Waals surface area contributed by atoms with Crippen molar-refractivity contribution in [1.29, 1.82) is 0 Å². The number of amides is 1. The van der Waals surface area contributed by atoms with Crippen LogP contribution in [0.4, 0.5) is 5.82 Å². The third-order valence-electron chi connectivity index (χ3n) is 6.15. The van der Waals surface area contributed by atoms with E-state index >= 15 is 0 Å². The first-order chi connectivity index (χ1) is 11.6. The minimum absolute atomic E-state index is 0.345. The maximum Gasteiger partial charge on any atom is 0.222 e. The molecule has 0 N–H and O–H groups in total. The molecule has 24 heavy (non-hydrogen) atoms. The molecule has 0 radical (unpaired) electrons. The van der Waals surface area contributed by atoms with E-state index in [1.165, 1.54) is 31.2 Å². The Morgan fingerprint density at radius 1 is 1.21 bits per heavy atom. The summed E-state index contributed by atoms with van der Waals surface area (Å²) in [5.74, 6) is 1.94. The van der Waals surface area contributed by atoms with Gasteiger partial charge in [-0.25, -0.2) is 9.97 Å². The third kappa shape index (κ3) is 2.89. The van der Waals surface area contributed by atoms with Crippen LogP contribution in [0.1, 0.15) is 63.9 Å². The molecule has 1 saturated carbocycles. The Morgan fingerprint density at radius 3 is 2.62 bits per heavy atom. The Hall–Kier alpha value is -1.65. The van der Waals surface area contributed by atoms with Crippen molar-refractivity contribution in [3.8, 4) is 0 Å². The average Bonchev–Trinajstić information content (AvgIpc) is 3.43. The number of carbonyl (C=O) groups excluding carboxylic acids is 1. The average molecular weight is 328 g/mol. The molecule has 2 saturated heterocycles. The number of rotatable bonds is 3. The lowest BCUT2D eigenvalue weighted by atomic mass is 9.72. The fraction of sp³-hybridized carbons (Fsp3) is 0.737. The van der Waals surface area contributed by atoms with Crippen LogP contribution in [0.25, 0.3) is 0 Å². The van der Waals surface area contributed by atoms with Crippen LogP contribution < -0.4 is 4.90 Å². The van der Waals surface area contributed by atoms with Crippen molar-refractivity contribution < 1.29 is 4.79 Å². The minimum Gasteiger partial charge on any atom is -0.356 e. The third-order valence-corrected chi connectivity index (χ3v) is 6.15. The van der Waals surface area contributed by atoms with E-state index < -0.39 is 0 Å². The number of anilines is 1. The molecule has 1 aliphatic carbocycles. The SMILES string of the molecule is CC(C)c1cncnc1N1CCC2(CCC(=O)N(C3CC3)C2)CC1. The Bertz CT molecular complexity index is 618. The number of carbonyl (C=O) groups is 1. The summed E-state index contributed by atoms with van der Waals surface area (Å²) in [4.78, 5) is 25.6. The number of aromatic nitrogens is 2. The van der Waals surface area contributed by atoms with Gasteiger partial charge in [-0.05, 0) is 43.4 Å². The van der Waals surface area contributed by atoms with Crippen molar-refractivity contribution in [2.75, 3.05) is 24.5 Å². The van der Waals surface area contributed by atoms with Crippen molar-refractivity contribution in [3.05, 3.63) is 18.1 Å². The van der Waals surface area contributed by atoms with Crippen molar-refractivity contribution in [2.24, 2.45) is 5.41 Å². The predicted molar refractivity (Wildman–Crippen MR) is 94.0 cm³/mol. The molecule has 3 fully saturated rings.